The Labute approximate surface area is 373 Å². The van der Waals surface area contributed by atoms with E-state index in [0.29, 0.717) is 26.9 Å². The van der Waals surface area contributed by atoms with Gasteiger partial charge in [0.25, 0.3) is 0 Å². The van der Waals surface area contributed by atoms with Crippen molar-refractivity contribution in [2.24, 2.45) is 0 Å². The summed E-state index contributed by atoms with van der Waals surface area (Å²) in [5.41, 5.74) is 0.313. The smallest absolute Gasteiger partial charge is 0.433 e. The Bertz CT molecular complexity index is 2870. The molecule has 0 fully saturated rings. The lowest BCUT2D eigenvalue weighted by molar-refractivity contribution is -0.141. The molecule has 21 heteroatoms. The van der Waals surface area contributed by atoms with Gasteiger partial charge in [0.15, 0.2) is 11.6 Å². The number of rotatable bonds is 5. The Morgan fingerprint density at radius 1 is 0.677 bits per heavy atom. The highest BCUT2D eigenvalue weighted by atomic mass is 79.9. The molecule has 0 N–H and O–H groups in total. The van der Waals surface area contributed by atoms with Gasteiger partial charge in [0.2, 0.25) is 0 Å². The number of Topliss-reactive ketones (excluding diaryl/α,β-unsaturated/α-hetero) is 2. The van der Waals surface area contributed by atoms with Gasteiger partial charge < -0.3 is 14.5 Å². The third kappa shape index (κ3) is 8.30. The predicted octanol–water partition coefficient (Wildman–Crippen LogP) is 8.95. The second kappa shape index (κ2) is 17.3. The van der Waals surface area contributed by atoms with Crippen molar-refractivity contribution >= 4 is 56.9 Å². The van der Waals surface area contributed by atoms with Crippen molar-refractivity contribution in [3.05, 3.63) is 139 Å². The first kappa shape index (κ1) is 45.6. The van der Waals surface area contributed by atoms with Crippen molar-refractivity contribution in [2.75, 3.05) is 31.0 Å². The second-order valence-corrected chi connectivity index (χ2v) is 15.7. The van der Waals surface area contributed by atoms with Gasteiger partial charge in [0.1, 0.15) is 11.4 Å². The van der Waals surface area contributed by atoms with Crippen molar-refractivity contribution in [2.45, 2.75) is 50.1 Å². The van der Waals surface area contributed by atoms with Crippen LogP contribution in [-0.4, -0.2) is 70.6 Å². The first-order valence-electron chi connectivity index (χ1n) is 19.3. The number of anilines is 2. The molecule has 14 nitrogen and oxygen atoms in total. The number of halogens is 7. The van der Waals surface area contributed by atoms with Crippen LogP contribution < -0.4 is 9.80 Å². The van der Waals surface area contributed by atoms with Crippen LogP contribution in [0.4, 0.5) is 47.3 Å². The number of ketones is 2. The number of nitriles is 2. The number of alkyl halides is 6. The van der Waals surface area contributed by atoms with Crippen molar-refractivity contribution in [1.82, 2.24) is 19.8 Å². The number of likely N-dealkylation sites (N-methyl/N-ethyl adjacent to an activating group) is 2. The lowest BCUT2D eigenvalue weighted by atomic mass is 9.89. The van der Waals surface area contributed by atoms with E-state index in [4.69, 9.17) is 10.00 Å². The zero-order chi connectivity index (χ0) is 47.3. The average molecular weight is 962 g/mol. The number of ether oxygens (including phenoxy) is 1. The van der Waals surface area contributed by atoms with E-state index < -0.39 is 53.9 Å². The largest absolute Gasteiger partial charge is 0.465 e. The van der Waals surface area contributed by atoms with Crippen LogP contribution in [0.1, 0.15) is 81.8 Å². The maximum atomic E-state index is 13.4. The van der Waals surface area contributed by atoms with Gasteiger partial charge in [-0.05, 0) is 72.5 Å². The predicted molar refractivity (Wildman–Crippen MR) is 219 cm³/mol. The Balaban J connectivity index is 0.000000195. The van der Waals surface area contributed by atoms with E-state index in [1.54, 1.807) is 18.2 Å². The molecule has 0 spiro atoms. The number of hydrogen-bond acceptors (Lipinski definition) is 10. The van der Waals surface area contributed by atoms with Gasteiger partial charge in [-0.1, -0.05) is 28.1 Å². The van der Waals surface area contributed by atoms with Crippen molar-refractivity contribution in [3.8, 4) is 12.1 Å². The fourth-order valence-corrected chi connectivity index (χ4v) is 8.82. The van der Waals surface area contributed by atoms with Crippen LogP contribution in [0.3, 0.4) is 0 Å². The highest BCUT2D eigenvalue weighted by Gasteiger charge is 2.48. The monoisotopic (exact) mass is 960 g/mol. The highest BCUT2D eigenvalue weighted by molar-refractivity contribution is 9.10. The van der Waals surface area contributed by atoms with E-state index in [2.05, 4.69) is 25.9 Å². The Hall–Kier alpha value is -7.39. The molecule has 2 aliphatic carbocycles. The molecule has 4 heterocycles. The van der Waals surface area contributed by atoms with Crippen LogP contribution in [0, 0.1) is 22.7 Å². The molecule has 2 aromatic carbocycles. The summed E-state index contributed by atoms with van der Waals surface area (Å²) in [5.74, 6) is -1.23. The first-order chi connectivity index (χ1) is 30.7. The maximum absolute atomic E-state index is 13.4. The van der Waals surface area contributed by atoms with Gasteiger partial charge in [-0.2, -0.15) is 36.9 Å². The Kier molecular flexibility index (Phi) is 12.1. The number of pyridine rings is 2. The number of allylic oxidation sites excluding steroid dienone is 2. The lowest BCUT2D eigenvalue weighted by Gasteiger charge is -2.40. The molecular weight excluding hydrogens is 930 g/mol. The third-order valence-corrected chi connectivity index (χ3v) is 11.8. The molecule has 2 unspecified atom stereocenters. The minimum Gasteiger partial charge on any atom is -0.465 e. The summed E-state index contributed by atoms with van der Waals surface area (Å²) >= 11 is 3.41. The molecule has 2 atom stereocenters. The zero-order valence-electron chi connectivity index (χ0n) is 34.1. The van der Waals surface area contributed by atoms with Crippen LogP contribution in [0.15, 0.2) is 100 Å². The fraction of sp³-hybridized carbons (Fsp3) is 0.250. The SMILES string of the molecule is CN1C(=O)N(c2ccnc(C(F)(F)F)c2)C2=C(C(=O)CC2)C1c1ccc(C#N)cc1Br.COC(=O)c1cc(C#N)ccc1C1C2=C(CCC2=O)N(c2ccnc(C(F)(F)F)c2)C(=O)N1C. The summed E-state index contributed by atoms with van der Waals surface area (Å²) in [4.78, 5) is 76.3. The molecule has 4 amide bonds. The quantitative estimate of drug-likeness (QED) is 0.138. The van der Waals surface area contributed by atoms with E-state index >= 15 is 0 Å². The summed E-state index contributed by atoms with van der Waals surface area (Å²) in [5, 5.41) is 18.3. The number of hydrogen-bond donors (Lipinski definition) is 0. The number of esters is 1. The molecule has 0 radical (unpaired) electrons. The number of urea groups is 2. The van der Waals surface area contributed by atoms with Gasteiger partial charge in [0.05, 0.1) is 59.4 Å². The molecule has 0 saturated carbocycles. The fourth-order valence-electron chi connectivity index (χ4n) is 8.22. The molecule has 8 rings (SSSR count). The van der Waals surface area contributed by atoms with E-state index in [0.717, 1.165) is 41.4 Å². The van der Waals surface area contributed by atoms with Crippen LogP contribution in [-0.2, 0) is 26.7 Å². The van der Waals surface area contributed by atoms with Gasteiger partial charge in [-0.3, -0.25) is 29.4 Å². The number of aromatic nitrogens is 2. The minimum absolute atomic E-state index is 0.00119. The topological polar surface area (TPSA) is 181 Å². The normalized spacial score (nSPS) is 18.6. The van der Waals surface area contributed by atoms with Crippen LogP contribution in [0.2, 0.25) is 0 Å². The van der Waals surface area contributed by atoms with Crippen LogP contribution >= 0.6 is 15.9 Å². The zero-order valence-corrected chi connectivity index (χ0v) is 35.7. The highest BCUT2D eigenvalue weighted by Crippen LogP contribution is 2.48. The molecule has 65 heavy (non-hydrogen) atoms. The molecule has 0 saturated heterocycles. The molecule has 332 valence electrons. The third-order valence-electron chi connectivity index (χ3n) is 11.1. The van der Waals surface area contributed by atoms with Crippen molar-refractivity contribution in [1.29, 1.82) is 10.5 Å². The lowest BCUT2D eigenvalue weighted by Crippen LogP contribution is -2.48. The summed E-state index contributed by atoms with van der Waals surface area (Å²) < 4.78 is 84.5. The standard InChI is InChI=1S/C23H17F3N4O4.C21H14BrF3N4O2/c1-29-20(14-4-3-12(11-27)9-15(14)21(32)34-2)19-16(5-6-17(19)31)30(22(29)33)13-7-8-28-18(10-13)23(24,25)26;1-28-19(13-3-2-11(10-26)8-14(13)22)18-15(4-5-16(18)30)29(20(28)31)12-6-7-27-17(9-12)21(23,24)25/h3-4,7-10,20H,5-6H2,1-2H3;2-3,6-9,19H,4-5H2,1H3. The summed E-state index contributed by atoms with van der Waals surface area (Å²) in [6, 6.07) is 14.2. The molecule has 4 aliphatic rings. The number of carbonyl (C=O) groups is 5. The first-order valence-corrected chi connectivity index (χ1v) is 20.1. The second-order valence-electron chi connectivity index (χ2n) is 14.9. The Morgan fingerprint density at radius 3 is 1.52 bits per heavy atom. The van der Waals surface area contributed by atoms with E-state index in [9.17, 15) is 55.6 Å². The van der Waals surface area contributed by atoms with Crippen molar-refractivity contribution in [3.63, 3.8) is 0 Å². The number of amides is 4. The molecule has 2 aromatic heterocycles. The summed E-state index contributed by atoms with van der Waals surface area (Å²) in [7, 11) is 4.04. The molecular formula is C44H31BrF6N8O6. The van der Waals surface area contributed by atoms with E-state index in [-0.39, 0.29) is 76.6 Å². The summed E-state index contributed by atoms with van der Waals surface area (Å²) in [6.45, 7) is 0. The average Bonchev–Trinajstić information content (AvgIpc) is 3.85. The van der Waals surface area contributed by atoms with Gasteiger partial charge >= 0.3 is 30.4 Å². The Morgan fingerprint density at radius 2 is 1.11 bits per heavy atom. The number of carbonyl (C=O) groups excluding carboxylic acids is 5. The number of nitrogens with zero attached hydrogens (tertiary/aromatic N) is 8. The number of methoxy groups -OCH3 is 1. The molecule has 4 aromatic rings. The van der Waals surface area contributed by atoms with Crippen LogP contribution in [0.5, 0.6) is 0 Å². The van der Waals surface area contributed by atoms with E-state index in [1.807, 2.05) is 12.1 Å². The van der Waals surface area contributed by atoms with Crippen molar-refractivity contribution < 1.29 is 55.1 Å². The van der Waals surface area contributed by atoms with Gasteiger partial charge in [0, 0.05) is 66.3 Å². The van der Waals surface area contributed by atoms with Crippen LogP contribution in [0.25, 0.3) is 0 Å². The van der Waals surface area contributed by atoms with E-state index in [1.165, 1.54) is 54.2 Å². The minimum atomic E-state index is -4.72. The number of benzene rings is 2. The maximum Gasteiger partial charge on any atom is 0.433 e. The van der Waals surface area contributed by atoms with Gasteiger partial charge in [-0.15, -0.1) is 0 Å². The molecule has 0 bridgehead atoms. The molecule has 2 aliphatic heterocycles. The summed E-state index contributed by atoms with van der Waals surface area (Å²) in [6.07, 6.45) is -6.86. The van der Waals surface area contributed by atoms with Gasteiger partial charge in [-0.25, -0.2) is 14.4 Å².